The summed E-state index contributed by atoms with van der Waals surface area (Å²) in [4.78, 5) is 22.5. The Morgan fingerprint density at radius 3 is 2.36 bits per heavy atom. The number of rotatable bonds is 16. The largest absolute Gasteiger partial charge is 0.381 e. The number of amides is 2. The zero-order chi connectivity index (χ0) is 18.9. The Labute approximate surface area is 150 Å². The van der Waals surface area contributed by atoms with Crippen LogP contribution in [0.1, 0.15) is 33.6 Å². The zero-order valence-corrected chi connectivity index (χ0v) is 15.6. The molecule has 0 aromatic rings. The first kappa shape index (κ1) is 23.8. The fourth-order valence-corrected chi connectivity index (χ4v) is 1.70. The first-order valence-electron chi connectivity index (χ1n) is 8.89. The molecule has 0 heterocycles. The molecule has 0 saturated heterocycles. The van der Waals surface area contributed by atoms with Gasteiger partial charge < -0.3 is 24.8 Å². The second kappa shape index (κ2) is 16.2. The van der Waals surface area contributed by atoms with Crippen molar-refractivity contribution in [3.05, 3.63) is 0 Å². The van der Waals surface area contributed by atoms with Gasteiger partial charge in [0, 0.05) is 38.9 Å². The minimum Gasteiger partial charge on any atom is -0.381 e. The lowest BCUT2D eigenvalue weighted by Crippen LogP contribution is -2.34. The molecule has 0 radical (unpaired) electrons. The van der Waals surface area contributed by atoms with Crippen molar-refractivity contribution >= 4 is 11.8 Å². The number of hydrogen-bond donors (Lipinski definition) is 2. The zero-order valence-electron chi connectivity index (χ0n) is 15.6. The number of alkyl halides is 1. The van der Waals surface area contributed by atoms with Gasteiger partial charge in [-0.15, -0.1) is 0 Å². The normalized spacial score (nSPS) is 12.2. The Hall–Kier alpha value is -1.25. The highest BCUT2D eigenvalue weighted by Gasteiger charge is 2.11. The molecule has 0 aromatic heterocycles. The molecular formula is C17H33FN2O5. The predicted octanol–water partition coefficient (Wildman–Crippen LogP) is 1.06. The summed E-state index contributed by atoms with van der Waals surface area (Å²) in [5.41, 5.74) is 0. The van der Waals surface area contributed by atoms with Crippen LogP contribution in [0.25, 0.3) is 0 Å². The van der Waals surface area contributed by atoms with E-state index in [4.69, 9.17) is 14.2 Å². The molecule has 0 aromatic carbocycles. The molecule has 1 atom stereocenters. The number of carbonyl (C=O) groups is 2. The Balaban J connectivity index is 3.30. The number of hydrogen-bond acceptors (Lipinski definition) is 5. The number of carbonyl (C=O) groups excluding carboxylic acids is 2. The van der Waals surface area contributed by atoms with Gasteiger partial charge >= 0.3 is 0 Å². The van der Waals surface area contributed by atoms with Crippen molar-refractivity contribution in [1.29, 1.82) is 0 Å². The highest BCUT2D eigenvalue weighted by molar-refractivity contribution is 5.77. The fourth-order valence-electron chi connectivity index (χ4n) is 1.70. The van der Waals surface area contributed by atoms with Crippen molar-refractivity contribution < 1.29 is 28.2 Å². The van der Waals surface area contributed by atoms with Gasteiger partial charge in [0.05, 0.1) is 13.2 Å². The van der Waals surface area contributed by atoms with Crippen LogP contribution in [0.15, 0.2) is 0 Å². The molecule has 7 nitrogen and oxygen atoms in total. The molecule has 0 saturated carbocycles. The van der Waals surface area contributed by atoms with Gasteiger partial charge in [-0.1, -0.05) is 13.8 Å². The fraction of sp³-hybridized carbons (Fsp3) is 0.882. The molecule has 1 unspecified atom stereocenters. The minimum atomic E-state index is -1.20. The van der Waals surface area contributed by atoms with Crippen LogP contribution in [0.3, 0.4) is 0 Å². The second-order valence-corrected chi connectivity index (χ2v) is 5.88. The van der Waals surface area contributed by atoms with Crippen LogP contribution in [0, 0.1) is 5.92 Å². The Kier molecular flexibility index (Phi) is 15.4. The molecule has 148 valence electrons. The van der Waals surface area contributed by atoms with Crippen LogP contribution in [-0.4, -0.2) is 70.7 Å². The summed E-state index contributed by atoms with van der Waals surface area (Å²) in [6, 6.07) is 0. The highest BCUT2D eigenvalue weighted by Crippen LogP contribution is 1.95. The third-order valence-electron chi connectivity index (χ3n) is 3.12. The second-order valence-electron chi connectivity index (χ2n) is 5.88. The first-order chi connectivity index (χ1) is 12.0. The molecule has 0 aliphatic rings. The van der Waals surface area contributed by atoms with Crippen LogP contribution < -0.4 is 10.6 Å². The summed E-state index contributed by atoms with van der Waals surface area (Å²) in [7, 11) is 0. The summed E-state index contributed by atoms with van der Waals surface area (Å²) in [6.45, 7) is 7.92. The molecule has 25 heavy (non-hydrogen) atoms. The van der Waals surface area contributed by atoms with E-state index in [1.54, 1.807) is 13.8 Å². The maximum Gasteiger partial charge on any atom is 0.245 e. The summed E-state index contributed by atoms with van der Waals surface area (Å²) < 4.78 is 29.1. The van der Waals surface area contributed by atoms with E-state index in [0.29, 0.717) is 39.4 Å². The van der Waals surface area contributed by atoms with E-state index in [1.807, 2.05) is 6.92 Å². The van der Waals surface area contributed by atoms with Gasteiger partial charge in [0.2, 0.25) is 11.8 Å². The summed E-state index contributed by atoms with van der Waals surface area (Å²) in [5, 5.41) is 5.25. The molecule has 0 spiro atoms. The highest BCUT2D eigenvalue weighted by atomic mass is 19.1. The topological polar surface area (TPSA) is 85.9 Å². The van der Waals surface area contributed by atoms with E-state index in [1.165, 1.54) is 0 Å². The van der Waals surface area contributed by atoms with E-state index >= 15 is 0 Å². The van der Waals surface area contributed by atoms with Gasteiger partial charge in [-0.3, -0.25) is 9.59 Å². The minimum absolute atomic E-state index is 0.0253. The van der Waals surface area contributed by atoms with E-state index in [2.05, 4.69) is 10.6 Å². The van der Waals surface area contributed by atoms with Gasteiger partial charge in [-0.25, -0.2) is 4.39 Å². The Bertz CT molecular complexity index is 356. The third kappa shape index (κ3) is 16.0. The van der Waals surface area contributed by atoms with Crippen molar-refractivity contribution in [2.75, 3.05) is 52.7 Å². The van der Waals surface area contributed by atoms with Crippen molar-refractivity contribution in [1.82, 2.24) is 10.6 Å². The van der Waals surface area contributed by atoms with E-state index in [9.17, 15) is 14.0 Å². The average Bonchev–Trinajstić information content (AvgIpc) is 2.59. The standard InChI is InChI=1S/C17H33FN2O5/c1-4-23-13-16(21)19-7-5-8-24-9-6-10-25-12-15(18)11-20-17(22)14(2)3/h14-15H,4-13H2,1-3H3,(H,19,21)(H,20,22). The maximum absolute atomic E-state index is 13.5. The SMILES string of the molecule is CCOCC(=O)NCCCOCCCOCC(F)CNC(=O)C(C)C. The van der Waals surface area contributed by atoms with Gasteiger partial charge in [-0.05, 0) is 19.8 Å². The van der Waals surface area contributed by atoms with Gasteiger partial charge in [0.25, 0.3) is 0 Å². The molecule has 0 rings (SSSR count). The quantitative estimate of drug-likeness (QED) is 0.400. The van der Waals surface area contributed by atoms with Crippen LogP contribution in [0.5, 0.6) is 0 Å². The molecule has 0 bridgehead atoms. The predicted molar refractivity (Wildman–Crippen MR) is 93.1 cm³/mol. The lowest BCUT2D eigenvalue weighted by molar-refractivity contribution is -0.125. The summed E-state index contributed by atoms with van der Waals surface area (Å²) in [6.07, 6.45) is 0.187. The Morgan fingerprint density at radius 2 is 1.68 bits per heavy atom. The monoisotopic (exact) mass is 364 g/mol. The number of halogens is 1. The first-order valence-corrected chi connectivity index (χ1v) is 8.89. The third-order valence-corrected chi connectivity index (χ3v) is 3.12. The number of nitrogens with one attached hydrogen (secondary N) is 2. The van der Waals surface area contributed by atoms with Gasteiger partial charge in [0.15, 0.2) is 0 Å². The molecular weight excluding hydrogens is 331 g/mol. The lowest BCUT2D eigenvalue weighted by Gasteiger charge is -2.12. The van der Waals surface area contributed by atoms with Gasteiger partial charge in [-0.2, -0.15) is 0 Å². The van der Waals surface area contributed by atoms with Crippen molar-refractivity contribution in [2.24, 2.45) is 5.92 Å². The lowest BCUT2D eigenvalue weighted by atomic mass is 10.2. The summed E-state index contributed by atoms with van der Waals surface area (Å²) >= 11 is 0. The van der Waals surface area contributed by atoms with Crippen molar-refractivity contribution in [3.8, 4) is 0 Å². The molecule has 0 fully saturated rings. The summed E-state index contributed by atoms with van der Waals surface area (Å²) in [5.74, 6) is -0.436. The van der Waals surface area contributed by atoms with Crippen LogP contribution >= 0.6 is 0 Å². The van der Waals surface area contributed by atoms with Crippen molar-refractivity contribution in [3.63, 3.8) is 0 Å². The van der Waals surface area contributed by atoms with Crippen LogP contribution in [0.4, 0.5) is 4.39 Å². The van der Waals surface area contributed by atoms with Crippen LogP contribution in [0.2, 0.25) is 0 Å². The van der Waals surface area contributed by atoms with Crippen molar-refractivity contribution in [2.45, 2.75) is 39.8 Å². The Morgan fingerprint density at radius 1 is 1.00 bits per heavy atom. The van der Waals surface area contributed by atoms with Gasteiger partial charge in [0.1, 0.15) is 12.8 Å². The van der Waals surface area contributed by atoms with Crippen LogP contribution in [-0.2, 0) is 23.8 Å². The number of ether oxygens (including phenoxy) is 3. The smallest absolute Gasteiger partial charge is 0.245 e. The van der Waals surface area contributed by atoms with E-state index in [0.717, 1.165) is 6.42 Å². The maximum atomic E-state index is 13.5. The molecule has 0 aliphatic heterocycles. The molecule has 0 aliphatic carbocycles. The van der Waals surface area contributed by atoms with E-state index < -0.39 is 6.17 Å². The van der Waals surface area contributed by atoms with E-state index in [-0.39, 0.29) is 37.5 Å². The molecule has 2 amide bonds. The molecule has 2 N–H and O–H groups in total. The molecule has 8 heteroatoms. The average molecular weight is 364 g/mol.